The molecule has 150 valence electrons. The van der Waals surface area contributed by atoms with Gasteiger partial charge in [-0.25, -0.2) is 4.79 Å². The minimum Gasteiger partial charge on any atom is -0.440 e. The van der Waals surface area contributed by atoms with Gasteiger partial charge in [-0.2, -0.15) is 13.2 Å². The number of likely N-dealkylation sites (tertiary alicyclic amines) is 1. The summed E-state index contributed by atoms with van der Waals surface area (Å²) < 4.78 is 41.9. The maximum Gasteiger partial charge on any atom is 0.422 e. The van der Waals surface area contributed by atoms with Crippen LogP contribution in [0, 0.1) is 0 Å². The number of benzene rings is 1. The summed E-state index contributed by atoms with van der Waals surface area (Å²) in [5.74, 6) is -0.387. The van der Waals surface area contributed by atoms with Gasteiger partial charge in [0, 0.05) is 23.0 Å². The molecular weight excluding hydrogens is 429 g/mol. The Morgan fingerprint density at radius 2 is 1.89 bits per heavy atom. The molecule has 2 rings (SSSR count). The van der Waals surface area contributed by atoms with Crippen LogP contribution in [0.3, 0.4) is 0 Å². The number of nitrogens with one attached hydrogen (secondary N) is 1. The summed E-state index contributed by atoms with van der Waals surface area (Å²) in [7, 11) is 0. The summed E-state index contributed by atoms with van der Waals surface area (Å²) in [4.78, 5) is 25.4. The van der Waals surface area contributed by atoms with Crippen LogP contribution in [0.2, 0.25) is 0 Å². The highest BCUT2D eigenvalue weighted by molar-refractivity contribution is 9.10. The molecule has 0 radical (unpaired) electrons. The predicted octanol–water partition coefficient (Wildman–Crippen LogP) is 4.01. The zero-order valence-corrected chi connectivity index (χ0v) is 16.7. The number of nitrogens with zero attached hydrogens (tertiary/aromatic N) is 1. The third-order valence-corrected chi connectivity index (χ3v) is 5.01. The van der Waals surface area contributed by atoms with Crippen molar-refractivity contribution in [1.82, 2.24) is 10.2 Å². The van der Waals surface area contributed by atoms with Crippen molar-refractivity contribution in [2.75, 3.05) is 19.7 Å². The molecule has 1 N–H and O–H groups in total. The number of alkyl halides is 3. The van der Waals surface area contributed by atoms with Gasteiger partial charge in [0.1, 0.15) is 6.04 Å². The number of halogens is 4. The lowest BCUT2D eigenvalue weighted by molar-refractivity contribution is -0.162. The van der Waals surface area contributed by atoms with Gasteiger partial charge in [0.05, 0.1) is 0 Å². The van der Waals surface area contributed by atoms with Crippen molar-refractivity contribution in [3.8, 4) is 0 Å². The minimum absolute atomic E-state index is 0.199. The number of amides is 2. The van der Waals surface area contributed by atoms with Crippen LogP contribution in [-0.4, -0.2) is 48.8 Å². The van der Waals surface area contributed by atoms with Gasteiger partial charge >= 0.3 is 12.3 Å². The van der Waals surface area contributed by atoms with Crippen LogP contribution in [-0.2, 0) is 14.9 Å². The third kappa shape index (κ3) is 6.12. The minimum atomic E-state index is -4.60. The Kier molecular flexibility index (Phi) is 6.77. The van der Waals surface area contributed by atoms with Crippen molar-refractivity contribution in [3.63, 3.8) is 0 Å². The predicted molar refractivity (Wildman–Crippen MR) is 97.3 cm³/mol. The van der Waals surface area contributed by atoms with Gasteiger partial charge in [0.15, 0.2) is 6.61 Å². The maximum absolute atomic E-state index is 12.5. The average molecular weight is 451 g/mol. The Morgan fingerprint density at radius 1 is 1.26 bits per heavy atom. The summed E-state index contributed by atoms with van der Waals surface area (Å²) in [5, 5.41) is 2.81. The summed E-state index contributed by atoms with van der Waals surface area (Å²) in [6.07, 6.45) is -4.78. The monoisotopic (exact) mass is 450 g/mol. The first-order valence-electron chi connectivity index (χ1n) is 8.53. The van der Waals surface area contributed by atoms with Crippen molar-refractivity contribution in [2.24, 2.45) is 0 Å². The molecule has 2 amide bonds. The lowest BCUT2D eigenvalue weighted by Crippen LogP contribution is -2.49. The number of ether oxygens (including phenoxy) is 1. The van der Waals surface area contributed by atoms with E-state index in [2.05, 4.69) is 26.0 Å². The fourth-order valence-corrected chi connectivity index (χ4v) is 3.18. The van der Waals surface area contributed by atoms with E-state index in [-0.39, 0.29) is 17.9 Å². The SMILES string of the molecule is CC(C)(CNC(=O)C1CCCN1C(=O)OCC(F)(F)F)c1ccc(Br)cc1. The van der Waals surface area contributed by atoms with E-state index in [1.165, 1.54) is 0 Å². The number of rotatable bonds is 5. The van der Waals surface area contributed by atoms with Crippen molar-refractivity contribution in [1.29, 1.82) is 0 Å². The molecule has 1 aliphatic rings. The highest BCUT2D eigenvalue weighted by atomic mass is 79.9. The number of carbonyl (C=O) groups is 2. The molecule has 1 saturated heterocycles. The van der Waals surface area contributed by atoms with E-state index in [0.29, 0.717) is 19.4 Å². The molecule has 0 bridgehead atoms. The molecule has 0 saturated carbocycles. The number of hydrogen-bond acceptors (Lipinski definition) is 3. The van der Waals surface area contributed by atoms with E-state index in [9.17, 15) is 22.8 Å². The zero-order chi connectivity index (χ0) is 20.2. The molecule has 0 aromatic heterocycles. The van der Waals surface area contributed by atoms with Crippen LogP contribution >= 0.6 is 15.9 Å². The summed E-state index contributed by atoms with van der Waals surface area (Å²) in [5.41, 5.74) is 0.676. The van der Waals surface area contributed by atoms with Crippen LogP contribution in [0.5, 0.6) is 0 Å². The smallest absolute Gasteiger partial charge is 0.422 e. The van der Waals surface area contributed by atoms with Crippen molar-refractivity contribution < 1.29 is 27.5 Å². The Balaban J connectivity index is 1.94. The van der Waals surface area contributed by atoms with Gasteiger partial charge in [0.25, 0.3) is 0 Å². The van der Waals surface area contributed by atoms with E-state index in [4.69, 9.17) is 0 Å². The first-order chi connectivity index (χ1) is 12.5. The highest BCUT2D eigenvalue weighted by Gasteiger charge is 2.38. The van der Waals surface area contributed by atoms with Gasteiger partial charge < -0.3 is 10.1 Å². The van der Waals surface area contributed by atoms with E-state index < -0.39 is 24.9 Å². The molecule has 1 aromatic carbocycles. The Morgan fingerprint density at radius 3 is 2.48 bits per heavy atom. The van der Waals surface area contributed by atoms with Crippen LogP contribution in [0.15, 0.2) is 28.7 Å². The van der Waals surface area contributed by atoms with Crippen molar-refractivity contribution >= 4 is 27.9 Å². The van der Waals surface area contributed by atoms with Crippen molar-refractivity contribution in [2.45, 2.75) is 44.3 Å². The van der Waals surface area contributed by atoms with Crippen LogP contribution in [0.25, 0.3) is 0 Å². The van der Waals surface area contributed by atoms with Gasteiger partial charge in [-0.1, -0.05) is 41.9 Å². The average Bonchev–Trinajstić information content (AvgIpc) is 3.07. The standard InChI is InChI=1S/C18H22BrF3N2O3/c1-17(2,12-5-7-13(19)8-6-12)10-23-15(25)14-4-3-9-24(14)16(26)27-11-18(20,21)22/h5-8,14H,3-4,9-11H2,1-2H3,(H,23,25). The molecule has 1 atom stereocenters. The molecule has 0 aliphatic carbocycles. The zero-order valence-electron chi connectivity index (χ0n) is 15.1. The van der Waals surface area contributed by atoms with Gasteiger partial charge in [-0.15, -0.1) is 0 Å². The molecule has 1 aliphatic heterocycles. The molecule has 27 heavy (non-hydrogen) atoms. The van der Waals surface area contributed by atoms with E-state index in [1.54, 1.807) is 0 Å². The summed E-state index contributed by atoms with van der Waals surface area (Å²) in [6.45, 7) is 2.81. The molecule has 1 heterocycles. The first-order valence-corrected chi connectivity index (χ1v) is 9.33. The normalized spacial score (nSPS) is 17.7. The Labute approximate surface area is 164 Å². The molecular formula is C18H22BrF3N2O3. The van der Waals surface area contributed by atoms with Gasteiger partial charge in [-0.3, -0.25) is 9.69 Å². The molecule has 0 spiro atoms. The first kappa shape index (κ1) is 21.5. The van der Waals surface area contributed by atoms with E-state index in [1.807, 2.05) is 38.1 Å². The van der Waals surface area contributed by atoms with Crippen LogP contribution < -0.4 is 5.32 Å². The summed E-state index contributed by atoms with van der Waals surface area (Å²) in [6, 6.07) is 6.91. The Bertz CT molecular complexity index is 677. The lowest BCUT2D eigenvalue weighted by Gasteiger charge is -2.28. The maximum atomic E-state index is 12.5. The van der Waals surface area contributed by atoms with Gasteiger partial charge in [0.2, 0.25) is 5.91 Å². The highest BCUT2D eigenvalue weighted by Crippen LogP contribution is 2.25. The molecule has 5 nitrogen and oxygen atoms in total. The number of carbonyl (C=O) groups excluding carboxylic acids is 2. The van der Waals surface area contributed by atoms with Gasteiger partial charge in [-0.05, 0) is 30.5 Å². The summed E-state index contributed by atoms with van der Waals surface area (Å²) >= 11 is 3.37. The second-order valence-electron chi connectivity index (χ2n) is 7.13. The van der Waals surface area contributed by atoms with Crippen LogP contribution in [0.1, 0.15) is 32.3 Å². The second-order valence-corrected chi connectivity index (χ2v) is 8.05. The largest absolute Gasteiger partial charge is 0.440 e. The molecule has 1 aromatic rings. The quantitative estimate of drug-likeness (QED) is 0.737. The fraction of sp³-hybridized carbons (Fsp3) is 0.556. The Hall–Kier alpha value is -1.77. The third-order valence-electron chi connectivity index (χ3n) is 4.48. The number of hydrogen-bond donors (Lipinski definition) is 1. The molecule has 9 heteroatoms. The fourth-order valence-electron chi connectivity index (χ4n) is 2.91. The molecule has 1 fully saturated rings. The second kappa shape index (κ2) is 8.50. The topological polar surface area (TPSA) is 58.6 Å². The van der Waals surface area contributed by atoms with E-state index >= 15 is 0 Å². The van der Waals surface area contributed by atoms with Crippen molar-refractivity contribution in [3.05, 3.63) is 34.3 Å². The van der Waals surface area contributed by atoms with Crippen LogP contribution in [0.4, 0.5) is 18.0 Å². The lowest BCUT2D eigenvalue weighted by atomic mass is 9.84. The van der Waals surface area contributed by atoms with E-state index in [0.717, 1.165) is 14.9 Å². The molecule has 1 unspecified atom stereocenters.